The number of unbranched alkanes of at least 4 members (excludes halogenated alkanes) is 2. The lowest BCUT2D eigenvalue weighted by molar-refractivity contribution is -0.137. The summed E-state index contributed by atoms with van der Waals surface area (Å²) >= 11 is 0. The Hall–Kier alpha value is -0.830. The summed E-state index contributed by atoms with van der Waals surface area (Å²) < 4.78 is 0. The number of carboxylic acids is 1. The fraction of sp³-hybridized carbons (Fsp3) is 0.909. The van der Waals surface area contributed by atoms with Crippen molar-refractivity contribution in [1.82, 2.24) is 0 Å². The summed E-state index contributed by atoms with van der Waals surface area (Å²) in [4.78, 5) is 9.87. The summed E-state index contributed by atoms with van der Waals surface area (Å²) in [5.41, 5.74) is 2.60. The van der Waals surface area contributed by atoms with Gasteiger partial charge in [0.2, 0.25) is 0 Å². The molecule has 0 heterocycles. The summed E-state index contributed by atoms with van der Waals surface area (Å²) in [6, 6.07) is 0. The maximum Gasteiger partial charge on any atom is 0.303 e. The number of hydrogen-bond acceptors (Lipinski definition) is 2. The summed E-state index contributed by atoms with van der Waals surface area (Å²) in [7, 11) is 0. The van der Waals surface area contributed by atoms with Crippen LogP contribution < -0.4 is 0 Å². The van der Waals surface area contributed by atoms with E-state index in [2.05, 4.69) is 47.6 Å². The average molecular weight is 503 g/mol. The van der Waals surface area contributed by atoms with Gasteiger partial charge in [-0.15, -0.1) is 0 Å². The molecule has 0 amide bonds. The Morgan fingerprint density at radius 2 is 1.75 bits per heavy atom. The van der Waals surface area contributed by atoms with E-state index in [1.807, 2.05) is 0 Å². The summed E-state index contributed by atoms with van der Waals surface area (Å²) in [5, 5.41) is 18.3. The minimum Gasteiger partial charge on any atom is -0.481 e. The van der Waals surface area contributed by atoms with Gasteiger partial charge in [0, 0.05) is 6.42 Å². The zero-order valence-electron chi connectivity index (χ0n) is 24.5. The van der Waals surface area contributed by atoms with E-state index in [4.69, 9.17) is 5.11 Å². The first-order valence-electron chi connectivity index (χ1n) is 15.6. The SMILES string of the molecule is CC(C)CCCC(C)[C@H]1CC[C@H]2[C@@H]3CC=C4C[C@@H](O)CC[C@]4(C)[C@H]3CC[C@]12C.CCCCCC(=O)O. The molecule has 208 valence electrons. The number of carboxylic acid groups (broad SMARTS) is 1. The highest BCUT2D eigenvalue weighted by Crippen LogP contribution is 2.67. The Bertz CT molecular complexity index is 741. The standard InChI is InChI=1S/C27H46O.C6H12O2/c1-18(2)7-6-8-19(3)23-11-12-24-22-10-9-20-17-21(28)13-15-26(20,4)25(22)14-16-27(23,24)5;1-2-3-4-5-6(7)8/h9,18-19,21-25,28H,6-8,10-17H2,1-5H3;2-5H2,1H3,(H,7,8)/t19?,21-,22-,23+,24-,25-,26-,27+;/m0./s1. The van der Waals surface area contributed by atoms with E-state index in [1.165, 1.54) is 57.8 Å². The molecule has 0 aromatic rings. The number of allylic oxidation sites excluding steroid dienone is 1. The van der Waals surface area contributed by atoms with Crippen LogP contribution in [0.25, 0.3) is 0 Å². The first kappa shape index (κ1) is 29.7. The average Bonchev–Trinajstić information content (AvgIpc) is 3.17. The summed E-state index contributed by atoms with van der Waals surface area (Å²) in [6.07, 6.45) is 20.4. The number of carbonyl (C=O) groups is 1. The van der Waals surface area contributed by atoms with Crippen molar-refractivity contribution in [2.45, 2.75) is 144 Å². The molecule has 4 aliphatic rings. The first-order chi connectivity index (χ1) is 17.0. The van der Waals surface area contributed by atoms with Crippen LogP contribution in [0.4, 0.5) is 0 Å². The van der Waals surface area contributed by atoms with Gasteiger partial charge in [0.05, 0.1) is 6.10 Å². The summed E-state index contributed by atoms with van der Waals surface area (Å²) in [5.74, 6) is 4.78. The normalized spacial score (nSPS) is 38.2. The van der Waals surface area contributed by atoms with Gasteiger partial charge in [-0.3, -0.25) is 4.79 Å². The molecular weight excluding hydrogens is 444 g/mol. The molecule has 0 saturated heterocycles. The van der Waals surface area contributed by atoms with Crippen LogP contribution in [-0.2, 0) is 4.79 Å². The molecular formula is C33H58O3. The van der Waals surface area contributed by atoms with Gasteiger partial charge in [-0.05, 0) is 104 Å². The molecule has 0 aliphatic heterocycles. The number of aliphatic hydroxyl groups excluding tert-OH is 1. The van der Waals surface area contributed by atoms with Gasteiger partial charge in [-0.25, -0.2) is 0 Å². The van der Waals surface area contributed by atoms with Gasteiger partial charge >= 0.3 is 5.97 Å². The number of hydrogen-bond donors (Lipinski definition) is 2. The molecule has 3 nitrogen and oxygen atoms in total. The lowest BCUT2D eigenvalue weighted by atomic mass is 9.47. The quantitative estimate of drug-likeness (QED) is 0.244. The Labute approximate surface area is 222 Å². The van der Waals surface area contributed by atoms with Crippen molar-refractivity contribution in [1.29, 1.82) is 0 Å². The van der Waals surface area contributed by atoms with Crippen molar-refractivity contribution in [3.8, 4) is 0 Å². The molecule has 2 N–H and O–H groups in total. The zero-order valence-corrected chi connectivity index (χ0v) is 24.5. The number of rotatable bonds is 9. The van der Waals surface area contributed by atoms with Crippen LogP contribution in [0.2, 0.25) is 0 Å². The third-order valence-electron chi connectivity index (χ3n) is 11.3. The molecule has 0 aromatic carbocycles. The minimum atomic E-state index is -0.682. The molecule has 0 radical (unpaired) electrons. The smallest absolute Gasteiger partial charge is 0.303 e. The Morgan fingerprint density at radius 3 is 2.42 bits per heavy atom. The maximum absolute atomic E-state index is 10.2. The lowest BCUT2D eigenvalue weighted by Crippen LogP contribution is -2.50. The van der Waals surface area contributed by atoms with E-state index in [9.17, 15) is 9.90 Å². The third-order valence-corrected chi connectivity index (χ3v) is 11.3. The van der Waals surface area contributed by atoms with Crippen LogP contribution in [0.3, 0.4) is 0 Å². The molecule has 3 heteroatoms. The van der Waals surface area contributed by atoms with Crippen LogP contribution in [0.5, 0.6) is 0 Å². The largest absolute Gasteiger partial charge is 0.481 e. The highest BCUT2D eigenvalue weighted by Gasteiger charge is 2.59. The van der Waals surface area contributed by atoms with Gasteiger partial charge in [0.1, 0.15) is 0 Å². The van der Waals surface area contributed by atoms with Crippen LogP contribution >= 0.6 is 0 Å². The first-order valence-corrected chi connectivity index (χ1v) is 15.6. The number of aliphatic hydroxyl groups is 1. The van der Waals surface area contributed by atoms with Crippen molar-refractivity contribution >= 4 is 5.97 Å². The number of fused-ring (bicyclic) bond motifs is 5. The predicted molar refractivity (Wildman–Crippen MR) is 151 cm³/mol. The monoisotopic (exact) mass is 502 g/mol. The molecule has 1 unspecified atom stereocenters. The van der Waals surface area contributed by atoms with Crippen LogP contribution in [0.15, 0.2) is 11.6 Å². The molecule has 36 heavy (non-hydrogen) atoms. The lowest BCUT2D eigenvalue weighted by Gasteiger charge is -2.58. The Morgan fingerprint density at radius 1 is 1.00 bits per heavy atom. The zero-order chi connectivity index (χ0) is 26.5. The van der Waals surface area contributed by atoms with Gasteiger partial charge in [-0.1, -0.05) is 85.3 Å². The fourth-order valence-corrected chi connectivity index (χ4v) is 9.19. The Balaban J connectivity index is 0.000000392. The summed E-state index contributed by atoms with van der Waals surface area (Å²) in [6.45, 7) is 14.6. The van der Waals surface area contributed by atoms with E-state index in [-0.39, 0.29) is 6.10 Å². The van der Waals surface area contributed by atoms with Crippen molar-refractivity contribution in [2.75, 3.05) is 0 Å². The Kier molecular flexibility index (Phi) is 10.6. The second-order valence-electron chi connectivity index (χ2n) is 14.0. The van der Waals surface area contributed by atoms with E-state index < -0.39 is 5.97 Å². The van der Waals surface area contributed by atoms with E-state index in [0.29, 0.717) is 17.3 Å². The molecule has 8 atom stereocenters. The van der Waals surface area contributed by atoms with Crippen LogP contribution in [-0.4, -0.2) is 22.3 Å². The minimum absolute atomic E-state index is 0.0766. The number of aliphatic carboxylic acids is 1. The maximum atomic E-state index is 10.2. The van der Waals surface area contributed by atoms with Crippen LogP contribution in [0, 0.1) is 46.3 Å². The van der Waals surface area contributed by atoms with Crippen molar-refractivity contribution in [2.24, 2.45) is 46.3 Å². The molecule has 0 aromatic heterocycles. The van der Waals surface area contributed by atoms with Gasteiger partial charge < -0.3 is 10.2 Å². The molecule has 0 spiro atoms. The predicted octanol–water partition coefficient (Wildman–Crippen LogP) is 9.04. The topological polar surface area (TPSA) is 57.5 Å². The molecule has 3 saturated carbocycles. The highest BCUT2D eigenvalue weighted by atomic mass is 16.4. The van der Waals surface area contributed by atoms with Gasteiger partial charge in [-0.2, -0.15) is 0 Å². The van der Waals surface area contributed by atoms with E-state index in [1.54, 1.807) is 5.57 Å². The van der Waals surface area contributed by atoms with Gasteiger partial charge in [0.15, 0.2) is 0 Å². The molecule has 0 bridgehead atoms. The van der Waals surface area contributed by atoms with Gasteiger partial charge in [0.25, 0.3) is 0 Å². The second kappa shape index (κ2) is 12.8. The molecule has 3 fully saturated rings. The van der Waals surface area contributed by atoms with Crippen molar-refractivity contribution < 1.29 is 15.0 Å². The van der Waals surface area contributed by atoms with E-state index >= 15 is 0 Å². The van der Waals surface area contributed by atoms with Crippen molar-refractivity contribution in [3.63, 3.8) is 0 Å². The molecule has 4 rings (SSSR count). The fourth-order valence-electron chi connectivity index (χ4n) is 9.19. The highest BCUT2D eigenvalue weighted by molar-refractivity contribution is 5.66. The van der Waals surface area contributed by atoms with Crippen molar-refractivity contribution in [3.05, 3.63) is 11.6 Å². The van der Waals surface area contributed by atoms with Crippen LogP contribution in [0.1, 0.15) is 138 Å². The second-order valence-corrected chi connectivity index (χ2v) is 14.0. The van der Waals surface area contributed by atoms with E-state index in [0.717, 1.165) is 67.6 Å². The third kappa shape index (κ3) is 6.59. The molecule has 4 aliphatic carbocycles.